The molecule has 2 aromatic heterocycles. The number of fused-ring (bicyclic) bond motifs is 1. The van der Waals surface area contributed by atoms with Crippen LogP contribution >= 0.6 is 11.6 Å². The Kier molecular flexibility index (Phi) is 9.91. The van der Waals surface area contributed by atoms with Gasteiger partial charge in [-0.25, -0.2) is 9.78 Å². The number of allylic oxidation sites excluding steroid dienone is 1. The van der Waals surface area contributed by atoms with Crippen molar-refractivity contribution < 1.29 is 19.1 Å². The van der Waals surface area contributed by atoms with Crippen LogP contribution in [0.4, 0.5) is 27.9 Å². The standard InChI is InChI=1S/C33H34ClN7O4/c1-39(2)14-6-9-26(42)16-22-7-5-8-23(15-22)20-41-31-24(19-36-32(38-31)37-25-10-12-35-13-11-25)21-40(33(41)43)28-17-27(44-3)18-29(45-4)30(28)34/h5-13,15,17-19H,14,16,20-21H2,1-4H3,(H,35,36,37,38)/b9-6+. The van der Waals surface area contributed by atoms with Crippen molar-refractivity contribution >= 4 is 46.6 Å². The summed E-state index contributed by atoms with van der Waals surface area (Å²) in [6, 6.07) is 14.2. The molecule has 0 spiro atoms. The summed E-state index contributed by atoms with van der Waals surface area (Å²) in [6.45, 7) is 1.04. The van der Waals surface area contributed by atoms with Crippen molar-refractivity contribution in [3.8, 4) is 11.5 Å². The molecule has 0 saturated carbocycles. The maximum Gasteiger partial charge on any atom is 0.330 e. The first-order valence-corrected chi connectivity index (χ1v) is 14.6. The lowest BCUT2D eigenvalue weighted by Crippen LogP contribution is -2.47. The maximum atomic E-state index is 14.3. The fraction of sp³-hybridized carbons (Fsp3) is 0.242. The van der Waals surface area contributed by atoms with Crippen LogP contribution in [0.5, 0.6) is 11.5 Å². The number of amides is 2. The van der Waals surface area contributed by atoms with Crippen LogP contribution in [0, 0.1) is 0 Å². The van der Waals surface area contributed by atoms with Crippen LogP contribution in [-0.2, 0) is 24.3 Å². The van der Waals surface area contributed by atoms with Gasteiger partial charge in [0.25, 0.3) is 0 Å². The van der Waals surface area contributed by atoms with E-state index in [1.54, 1.807) is 58.7 Å². The molecule has 0 unspecified atom stereocenters. The fourth-order valence-corrected chi connectivity index (χ4v) is 5.16. The normalized spacial score (nSPS) is 12.9. The maximum absolute atomic E-state index is 14.3. The summed E-state index contributed by atoms with van der Waals surface area (Å²) in [6.07, 6.45) is 8.72. The van der Waals surface area contributed by atoms with Gasteiger partial charge in [0.2, 0.25) is 5.95 Å². The van der Waals surface area contributed by atoms with Crippen molar-refractivity contribution in [1.29, 1.82) is 0 Å². The zero-order valence-corrected chi connectivity index (χ0v) is 26.3. The topological polar surface area (TPSA) is 113 Å². The lowest BCUT2D eigenvalue weighted by atomic mass is 10.0. The third-order valence-electron chi connectivity index (χ3n) is 7.05. The van der Waals surface area contributed by atoms with Crippen molar-refractivity contribution in [3.63, 3.8) is 0 Å². The molecule has 0 fully saturated rings. The first-order valence-electron chi connectivity index (χ1n) is 14.2. The number of carbonyl (C=O) groups is 2. The van der Waals surface area contributed by atoms with Gasteiger partial charge in [0.1, 0.15) is 22.3 Å². The van der Waals surface area contributed by atoms with Crippen molar-refractivity contribution in [1.82, 2.24) is 19.9 Å². The van der Waals surface area contributed by atoms with E-state index in [1.807, 2.05) is 49.3 Å². The lowest BCUT2D eigenvalue weighted by Gasteiger charge is -2.36. The molecule has 11 nitrogen and oxygen atoms in total. The molecule has 232 valence electrons. The number of nitrogens with one attached hydrogen (secondary N) is 1. The summed E-state index contributed by atoms with van der Waals surface area (Å²) in [5, 5.41) is 3.45. The van der Waals surface area contributed by atoms with Gasteiger partial charge in [-0.2, -0.15) is 4.98 Å². The number of halogens is 1. The molecular formula is C33H34ClN7O4. The number of anilines is 4. The number of rotatable bonds is 12. The number of aromatic nitrogens is 3. The van der Waals surface area contributed by atoms with Crippen molar-refractivity contribution in [3.05, 3.63) is 101 Å². The number of ketones is 1. The van der Waals surface area contributed by atoms with E-state index >= 15 is 0 Å². The van der Waals surface area contributed by atoms with Crippen LogP contribution < -0.4 is 24.6 Å². The second kappa shape index (κ2) is 14.2. The number of urea groups is 1. The van der Waals surface area contributed by atoms with Gasteiger partial charge in [-0.3, -0.25) is 19.6 Å². The number of likely N-dealkylation sites (N-methyl/N-ethyl adjacent to an activating group) is 1. The highest BCUT2D eigenvalue weighted by atomic mass is 35.5. The van der Waals surface area contributed by atoms with Crippen LogP contribution in [0.2, 0.25) is 5.02 Å². The molecule has 1 N–H and O–H groups in total. The zero-order valence-electron chi connectivity index (χ0n) is 25.5. The molecule has 0 atom stereocenters. The van der Waals surface area contributed by atoms with E-state index in [0.717, 1.165) is 16.8 Å². The summed E-state index contributed by atoms with van der Waals surface area (Å²) in [5.41, 5.74) is 3.57. The van der Waals surface area contributed by atoms with Gasteiger partial charge in [0, 0.05) is 54.9 Å². The van der Waals surface area contributed by atoms with Crippen LogP contribution in [0.15, 0.2) is 79.3 Å². The quantitative estimate of drug-likeness (QED) is 0.199. The first-order chi connectivity index (χ1) is 21.7. The van der Waals surface area contributed by atoms with E-state index in [9.17, 15) is 9.59 Å². The largest absolute Gasteiger partial charge is 0.497 e. The van der Waals surface area contributed by atoms with Crippen molar-refractivity contribution in [2.75, 3.05) is 50.0 Å². The number of methoxy groups -OCH3 is 2. The Hall–Kier alpha value is -5.00. The molecule has 0 bridgehead atoms. The van der Waals surface area contributed by atoms with Crippen LogP contribution in [0.1, 0.15) is 16.7 Å². The Morgan fingerprint density at radius 2 is 1.87 bits per heavy atom. The molecule has 0 radical (unpaired) electrons. The molecule has 5 rings (SSSR count). The third-order valence-corrected chi connectivity index (χ3v) is 7.43. The number of ether oxygens (including phenoxy) is 2. The molecule has 2 amide bonds. The van der Waals surface area contributed by atoms with Gasteiger partial charge in [0.05, 0.1) is 33.0 Å². The molecule has 1 aliphatic heterocycles. The monoisotopic (exact) mass is 627 g/mol. The van der Waals surface area contributed by atoms with E-state index in [4.69, 9.17) is 26.1 Å². The zero-order chi connectivity index (χ0) is 31.9. The smallest absolute Gasteiger partial charge is 0.330 e. The highest BCUT2D eigenvalue weighted by Gasteiger charge is 2.35. The number of nitrogens with zero attached hydrogens (tertiary/aromatic N) is 6. The molecule has 3 heterocycles. The predicted octanol–water partition coefficient (Wildman–Crippen LogP) is 5.66. The summed E-state index contributed by atoms with van der Waals surface area (Å²) in [4.78, 5) is 45.3. The van der Waals surface area contributed by atoms with E-state index in [-0.39, 0.29) is 36.3 Å². The minimum absolute atomic E-state index is 0.000697. The molecule has 0 aliphatic carbocycles. The molecule has 12 heteroatoms. The van der Waals surface area contributed by atoms with E-state index in [0.29, 0.717) is 41.1 Å². The molecule has 4 aromatic rings. The highest BCUT2D eigenvalue weighted by Crippen LogP contribution is 2.42. The number of hydrogen-bond donors (Lipinski definition) is 1. The minimum Gasteiger partial charge on any atom is -0.497 e. The second-order valence-corrected chi connectivity index (χ2v) is 11.0. The van der Waals surface area contributed by atoms with E-state index in [1.165, 1.54) is 14.2 Å². The third kappa shape index (κ3) is 7.57. The van der Waals surface area contributed by atoms with Gasteiger partial charge in [-0.15, -0.1) is 0 Å². The van der Waals surface area contributed by atoms with Crippen molar-refractivity contribution in [2.45, 2.75) is 19.5 Å². The fourth-order valence-electron chi connectivity index (χ4n) is 4.87. The summed E-state index contributed by atoms with van der Waals surface area (Å²) in [5.74, 6) is 1.65. The van der Waals surface area contributed by atoms with Crippen molar-refractivity contribution in [2.24, 2.45) is 0 Å². The number of benzene rings is 2. The van der Waals surface area contributed by atoms with E-state index in [2.05, 4.69) is 15.3 Å². The van der Waals surface area contributed by atoms with Gasteiger partial charge in [-0.1, -0.05) is 41.9 Å². The van der Waals surface area contributed by atoms with Crippen LogP contribution in [0.3, 0.4) is 0 Å². The molecule has 45 heavy (non-hydrogen) atoms. The average Bonchev–Trinajstić information content (AvgIpc) is 3.03. The minimum atomic E-state index is -0.346. The number of hydrogen-bond acceptors (Lipinski definition) is 9. The van der Waals surface area contributed by atoms with Gasteiger partial charge >= 0.3 is 6.03 Å². The Morgan fingerprint density at radius 3 is 2.60 bits per heavy atom. The molecule has 2 aromatic carbocycles. The van der Waals surface area contributed by atoms with E-state index < -0.39 is 0 Å². The number of carbonyl (C=O) groups excluding carboxylic acids is 2. The Morgan fingerprint density at radius 1 is 1.09 bits per heavy atom. The summed E-state index contributed by atoms with van der Waals surface area (Å²) in [7, 11) is 6.93. The Balaban J connectivity index is 1.50. The Bertz CT molecular complexity index is 1720. The van der Waals surface area contributed by atoms with Crippen LogP contribution in [-0.4, -0.2) is 66.5 Å². The SMILES string of the molecule is COc1cc(OC)c(Cl)c(N2Cc3cnc(Nc4ccncc4)nc3N(Cc3cccc(CC(=O)/C=C/CN(C)C)c3)C2=O)c1. The van der Waals surface area contributed by atoms with Gasteiger partial charge in [0.15, 0.2) is 5.78 Å². The molecule has 0 saturated heterocycles. The molecule has 1 aliphatic rings. The predicted molar refractivity (Wildman–Crippen MR) is 175 cm³/mol. The van der Waals surface area contributed by atoms with Crippen LogP contribution in [0.25, 0.3) is 0 Å². The van der Waals surface area contributed by atoms with Gasteiger partial charge in [-0.05, 0) is 43.4 Å². The summed E-state index contributed by atoms with van der Waals surface area (Å²) < 4.78 is 10.9. The van der Waals surface area contributed by atoms with Gasteiger partial charge < -0.3 is 19.7 Å². The first kappa shape index (κ1) is 31.4. The lowest BCUT2D eigenvalue weighted by molar-refractivity contribution is -0.114. The number of pyridine rings is 1. The second-order valence-electron chi connectivity index (χ2n) is 10.6. The molecular weight excluding hydrogens is 594 g/mol. The Labute approximate surface area is 267 Å². The summed E-state index contributed by atoms with van der Waals surface area (Å²) >= 11 is 6.73. The highest BCUT2D eigenvalue weighted by molar-refractivity contribution is 6.35. The average molecular weight is 628 g/mol.